The number of nitrogens with zero attached hydrogens (tertiary/aromatic N) is 1. The molecule has 1 N–H and O–H groups in total. The number of ether oxygens (including phenoxy) is 2. The molecule has 0 spiro atoms. The number of hydrogen-bond acceptors (Lipinski definition) is 6. The Morgan fingerprint density at radius 2 is 1.84 bits per heavy atom. The molecule has 164 valence electrons. The van der Waals surface area contributed by atoms with E-state index in [1.165, 1.54) is 37.7 Å². The number of rotatable bonds is 5. The Morgan fingerprint density at radius 1 is 1.16 bits per heavy atom. The summed E-state index contributed by atoms with van der Waals surface area (Å²) in [6, 6.07) is 4.36. The van der Waals surface area contributed by atoms with Crippen molar-refractivity contribution in [1.82, 2.24) is 4.90 Å². The first-order chi connectivity index (χ1) is 14.9. The van der Waals surface area contributed by atoms with Crippen molar-refractivity contribution >= 4 is 40.4 Å². The van der Waals surface area contributed by atoms with E-state index in [1.54, 1.807) is 4.90 Å². The number of methoxy groups -OCH3 is 2. The summed E-state index contributed by atoms with van der Waals surface area (Å²) in [5.41, 5.74) is 1.31. The van der Waals surface area contributed by atoms with Gasteiger partial charge in [0, 0.05) is 17.0 Å². The third-order valence-corrected chi connectivity index (χ3v) is 7.44. The molecule has 1 aromatic carbocycles. The van der Waals surface area contributed by atoms with E-state index in [0.29, 0.717) is 10.8 Å². The molecule has 1 amide bonds. The second-order valence-electron chi connectivity index (χ2n) is 7.80. The van der Waals surface area contributed by atoms with Crippen LogP contribution in [-0.4, -0.2) is 42.0 Å². The second kappa shape index (κ2) is 8.55. The maximum Gasteiger partial charge on any atom is 0.295 e. The molecule has 0 bridgehead atoms. The van der Waals surface area contributed by atoms with Crippen LogP contribution in [0.4, 0.5) is 0 Å². The molecule has 1 aliphatic heterocycles. The fraction of sp³-hybridized carbons (Fsp3) is 0.391. The van der Waals surface area contributed by atoms with Crippen LogP contribution in [0.1, 0.15) is 47.7 Å². The van der Waals surface area contributed by atoms with E-state index < -0.39 is 17.7 Å². The maximum absolute atomic E-state index is 13.2. The van der Waals surface area contributed by atoms with Gasteiger partial charge >= 0.3 is 0 Å². The van der Waals surface area contributed by atoms with Crippen molar-refractivity contribution in [2.24, 2.45) is 0 Å². The molecule has 1 aliphatic carbocycles. The number of amides is 1. The van der Waals surface area contributed by atoms with Crippen LogP contribution >= 0.6 is 22.9 Å². The maximum atomic E-state index is 13.2. The molecule has 1 aromatic heterocycles. The molecule has 31 heavy (non-hydrogen) atoms. The summed E-state index contributed by atoms with van der Waals surface area (Å²) < 4.78 is 10.7. The minimum Gasteiger partial charge on any atom is -0.507 e. The van der Waals surface area contributed by atoms with Gasteiger partial charge in [0.1, 0.15) is 23.3 Å². The van der Waals surface area contributed by atoms with Gasteiger partial charge in [-0.05, 0) is 42.8 Å². The molecule has 1 unspecified atom stereocenters. The van der Waals surface area contributed by atoms with Crippen LogP contribution in [0, 0.1) is 6.92 Å². The fourth-order valence-corrected chi connectivity index (χ4v) is 5.79. The summed E-state index contributed by atoms with van der Waals surface area (Å²) in [6.45, 7) is 1.95. The molecule has 2 fully saturated rings. The van der Waals surface area contributed by atoms with Crippen molar-refractivity contribution in [3.8, 4) is 11.5 Å². The highest BCUT2D eigenvalue weighted by Crippen LogP contribution is 2.47. The van der Waals surface area contributed by atoms with Gasteiger partial charge in [0.05, 0.1) is 30.4 Å². The summed E-state index contributed by atoms with van der Waals surface area (Å²) in [5, 5.41) is 13.6. The lowest BCUT2D eigenvalue weighted by molar-refractivity contribution is -0.141. The van der Waals surface area contributed by atoms with Crippen LogP contribution in [0.5, 0.6) is 11.5 Å². The zero-order valence-corrected chi connectivity index (χ0v) is 19.2. The number of aryl methyl sites for hydroxylation is 1. The Balaban J connectivity index is 1.94. The number of thiophene rings is 1. The van der Waals surface area contributed by atoms with E-state index in [2.05, 4.69) is 0 Å². The molecule has 1 atom stereocenters. The number of Topliss-reactive ketones (excluding diaryl/α,β-unsaturated/α-hetero) is 1. The highest BCUT2D eigenvalue weighted by atomic mass is 35.5. The van der Waals surface area contributed by atoms with E-state index in [9.17, 15) is 14.7 Å². The second-order valence-corrected chi connectivity index (χ2v) is 9.15. The summed E-state index contributed by atoms with van der Waals surface area (Å²) in [6.07, 6.45) is 3.75. The van der Waals surface area contributed by atoms with Crippen molar-refractivity contribution in [1.29, 1.82) is 0 Å². The molecule has 6 nitrogen and oxygen atoms in total. The number of likely N-dealkylation sites (tertiary alicyclic amines) is 1. The molecule has 1 saturated heterocycles. The topological polar surface area (TPSA) is 76.1 Å². The predicted molar refractivity (Wildman–Crippen MR) is 120 cm³/mol. The third-order valence-electron chi connectivity index (χ3n) is 6.08. The van der Waals surface area contributed by atoms with Gasteiger partial charge in [-0.1, -0.05) is 24.4 Å². The smallest absolute Gasteiger partial charge is 0.295 e. The first-order valence-electron chi connectivity index (χ1n) is 10.1. The summed E-state index contributed by atoms with van der Waals surface area (Å²) in [5.74, 6) is -0.914. The number of halogens is 1. The van der Waals surface area contributed by atoms with Gasteiger partial charge in [0.2, 0.25) is 0 Å². The highest BCUT2D eigenvalue weighted by Gasteiger charge is 2.50. The highest BCUT2D eigenvalue weighted by molar-refractivity contribution is 7.10. The molecule has 2 heterocycles. The third kappa shape index (κ3) is 3.59. The number of benzene rings is 1. The lowest BCUT2D eigenvalue weighted by atomic mass is 9.97. The van der Waals surface area contributed by atoms with Crippen LogP contribution < -0.4 is 9.47 Å². The average molecular weight is 462 g/mol. The largest absolute Gasteiger partial charge is 0.507 e. The normalized spacial score (nSPS) is 21.2. The summed E-state index contributed by atoms with van der Waals surface area (Å²) in [4.78, 5) is 28.9. The van der Waals surface area contributed by atoms with E-state index >= 15 is 0 Å². The lowest BCUT2D eigenvalue weighted by Crippen LogP contribution is -2.37. The standard InChI is InChI=1S/C23H24ClNO5S/c1-12-8-9-31-22(12)19-18(21(27)23(28)25(19)13-6-4-5-7-13)20(26)14-10-17(30-3)15(24)11-16(14)29-2/h8-11,13,19,26H,4-7H2,1-3H3/b20-18+. The Morgan fingerprint density at radius 3 is 2.42 bits per heavy atom. The molecular weight excluding hydrogens is 438 g/mol. The Labute approximate surface area is 190 Å². The zero-order valence-electron chi connectivity index (χ0n) is 17.6. The molecule has 4 rings (SSSR count). The number of aliphatic hydroxyl groups is 1. The average Bonchev–Trinajstić information content (AvgIpc) is 3.48. The first kappa shape index (κ1) is 21.7. The summed E-state index contributed by atoms with van der Waals surface area (Å²) in [7, 11) is 2.92. The molecular formula is C23H24ClNO5S. The van der Waals surface area contributed by atoms with Crippen LogP contribution in [0.15, 0.2) is 29.2 Å². The van der Waals surface area contributed by atoms with Crippen LogP contribution in [0.25, 0.3) is 5.76 Å². The van der Waals surface area contributed by atoms with Crippen LogP contribution in [0.2, 0.25) is 5.02 Å². The van der Waals surface area contributed by atoms with E-state index in [4.69, 9.17) is 21.1 Å². The van der Waals surface area contributed by atoms with Crippen LogP contribution in [0.3, 0.4) is 0 Å². The minimum atomic E-state index is -0.682. The van der Waals surface area contributed by atoms with Gasteiger partial charge < -0.3 is 19.5 Å². The lowest BCUT2D eigenvalue weighted by Gasteiger charge is -2.30. The summed E-state index contributed by atoms with van der Waals surface area (Å²) >= 11 is 7.69. The number of hydrogen-bond donors (Lipinski definition) is 1. The van der Waals surface area contributed by atoms with Crippen molar-refractivity contribution in [3.63, 3.8) is 0 Å². The first-order valence-corrected chi connectivity index (χ1v) is 11.4. The number of aliphatic hydroxyl groups excluding tert-OH is 1. The van der Waals surface area contributed by atoms with Gasteiger partial charge in [-0.15, -0.1) is 11.3 Å². The van der Waals surface area contributed by atoms with Gasteiger partial charge in [-0.25, -0.2) is 0 Å². The van der Waals surface area contributed by atoms with Crippen molar-refractivity contribution in [2.45, 2.75) is 44.7 Å². The van der Waals surface area contributed by atoms with E-state index in [0.717, 1.165) is 36.1 Å². The van der Waals surface area contributed by atoms with Crippen LogP contribution in [-0.2, 0) is 9.59 Å². The Kier molecular flexibility index (Phi) is 5.99. The number of carbonyl (C=O) groups excluding carboxylic acids is 2. The zero-order chi connectivity index (χ0) is 22.3. The van der Waals surface area contributed by atoms with E-state index in [-0.39, 0.29) is 28.7 Å². The Hall–Kier alpha value is -2.51. The molecule has 0 radical (unpaired) electrons. The number of ketones is 1. The quantitative estimate of drug-likeness (QED) is 0.381. The monoisotopic (exact) mass is 461 g/mol. The van der Waals surface area contributed by atoms with Crippen molar-refractivity contribution < 1.29 is 24.2 Å². The minimum absolute atomic E-state index is 0.0186. The number of carbonyl (C=O) groups is 2. The Bertz CT molecular complexity index is 1070. The molecule has 2 aromatic rings. The van der Waals surface area contributed by atoms with Gasteiger partial charge in [-0.3, -0.25) is 9.59 Å². The van der Waals surface area contributed by atoms with Crippen molar-refractivity contribution in [2.75, 3.05) is 14.2 Å². The van der Waals surface area contributed by atoms with Gasteiger partial charge in [-0.2, -0.15) is 0 Å². The SMILES string of the molecule is COc1cc(/C(O)=C2\C(=O)C(=O)N(C3CCCC3)C2c2sccc2C)c(OC)cc1Cl. The molecule has 2 aliphatic rings. The van der Waals surface area contributed by atoms with Gasteiger partial charge in [0.15, 0.2) is 0 Å². The molecule has 8 heteroatoms. The predicted octanol–water partition coefficient (Wildman–Crippen LogP) is 5.09. The van der Waals surface area contributed by atoms with Gasteiger partial charge in [0.25, 0.3) is 11.7 Å². The van der Waals surface area contributed by atoms with Crippen molar-refractivity contribution in [3.05, 3.63) is 50.2 Å². The fourth-order valence-electron chi connectivity index (χ4n) is 4.52. The van der Waals surface area contributed by atoms with E-state index in [1.807, 2.05) is 18.4 Å². The molecule has 1 saturated carbocycles.